The van der Waals surface area contributed by atoms with Crippen LogP contribution in [0.4, 0.5) is 0 Å². The van der Waals surface area contributed by atoms with E-state index in [4.69, 9.17) is 19.7 Å². The molecule has 1 aliphatic carbocycles. The third-order valence-corrected chi connectivity index (χ3v) is 12.4. The highest BCUT2D eigenvalue weighted by Crippen LogP contribution is 2.62. The Morgan fingerprint density at radius 1 is 0.258 bits per heavy atom. The Labute approximate surface area is 360 Å². The lowest BCUT2D eigenvalue weighted by molar-refractivity contribution is 0.436. The number of hydrogen-bond acceptors (Lipinski definition) is 4. The zero-order valence-electron chi connectivity index (χ0n) is 33.6. The van der Waals surface area contributed by atoms with E-state index in [0.29, 0.717) is 17.5 Å². The van der Waals surface area contributed by atoms with Crippen LogP contribution in [0, 0.1) is 0 Å². The summed E-state index contributed by atoms with van der Waals surface area (Å²) >= 11 is 0. The Hall–Kier alpha value is -8.21. The minimum absolute atomic E-state index is 0.509. The largest absolute Gasteiger partial charge is 0.457 e. The highest BCUT2D eigenvalue weighted by atomic mass is 16.5. The van der Waals surface area contributed by atoms with E-state index in [9.17, 15) is 0 Å². The van der Waals surface area contributed by atoms with Crippen LogP contribution in [0.15, 0.2) is 224 Å². The number of aromatic nitrogens is 3. The molecule has 0 unspecified atom stereocenters. The summed E-state index contributed by atoms with van der Waals surface area (Å²) in [5, 5.41) is 0. The Bertz CT molecular complexity index is 3190. The van der Waals surface area contributed by atoms with E-state index >= 15 is 0 Å². The molecule has 0 saturated carbocycles. The number of hydrogen-bond donors (Lipinski definition) is 0. The average molecular weight is 792 g/mol. The monoisotopic (exact) mass is 791 g/mol. The lowest BCUT2D eigenvalue weighted by Crippen LogP contribution is -2.32. The first-order valence-corrected chi connectivity index (χ1v) is 21.0. The molecule has 0 atom stereocenters. The standard InChI is InChI=1S/C58H37N3O/c1-3-16-38(17-4-1)40-20-13-23-44(34-40)55-59-56(45-24-14-21-41(35-45)39-18-5-2-6-19-39)61-57(60-55)46-25-15-22-42(36-46)43-32-33-52-54(37-43)62-53-31-12-11-30-51(53)58(52)49-28-9-7-26-47(49)48-27-8-10-29-50(48)58/h1-37H. The number of ether oxygens (including phenoxy) is 1. The molecule has 2 heterocycles. The van der Waals surface area contributed by atoms with Crippen LogP contribution in [-0.2, 0) is 5.41 Å². The van der Waals surface area contributed by atoms with E-state index in [2.05, 4.69) is 212 Å². The zero-order chi connectivity index (χ0) is 41.0. The maximum Gasteiger partial charge on any atom is 0.164 e. The van der Waals surface area contributed by atoms with E-state index in [-0.39, 0.29) is 0 Å². The number of benzene rings is 9. The lowest BCUT2D eigenvalue weighted by Gasteiger charge is -2.39. The molecule has 1 spiro atoms. The third kappa shape index (κ3) is 5.80. The summed E-state index contributed by atoms with van der Waals surface area (Å²) in [4.78, 5) is 15.5. The van der Waals surface area contributed by atoms with Crippen molar-refractivity contribution in [3.63, 3.8) is 0 Å². The molecular formula is C58H37N3O. The fraction of sp³-hybridized carbons (Fsp3) is 0.0172. The summed E-state index contributed by atoms with van der Waals surface area (Å²) in [7, 11) is 0. The molecule has 12 rings (SSSR count). The molecule has 0 saturated heterocycles. The first-order chi connectivity index (χ1) is 30.7. The second kappa shape index (κ2) is 14.5. The van der Waals surface area contributed by atoms with Crippen LogP contribution in [0.5, 0.6) is 11.5 Å². The summed E-state index contributed by atoms with van der Waals surface area (Å²) in [5.41, 5.74) is 16.1. The van der Waals surface area contributed by atoms with Gasteiger partial charge < -0.3 is 4.74 Å². The predicted molar refractivity (Wildman–Crippen MR) is 250 cm³/mol. The first-order valence-electron chi connectivity index (χ1n) is 21.0. The van der Waals surface area contributed by atoms with Crippen molar-refractivity contribution in [1.82, 2.24) is 15.0 Å². The Kier molecular flexibility index (Phi) is 8.36. The Morgan fingerprint density at radius 3 is 1.15 bits per heavy atom. The number of nitrogens with zero attached hydrogens (tertiary/aromatic N) is 3. The van der Waals surface area contributed by atoms with E-state index in [1.165, 1.54) is 22.3 Å². The van der Waals surface area contributed by atoms with Crippen LogP contribution in [0.3, 0.4) is 0 Å². The highest BCUT2D eigenvalue weighted by Gasteiger charge is 2.50. The predicted octanol–water partition coefficient (Wildman–Crippen LogP) is 14.3. The summed E-state index contributed by atoms with van der Waals surface area (Å²) in [5.74, 6) is 3.54. The van der Waals surface area contributed by atoms with E-state index < -0.39 is 5.41 Å². The van der Waals surface area contributed by atoms with Crippen LogP contribution in [0.1, 0.15) is 22.3 Å². The van der Waals surface area contributed by atoms with Gasteiger partial charge in [-0.2, -0.15) is 0 Å². The van der Waals surface area contributed by atoms with Crippen LogP contribution >= 0.6 is 0 Å². The van der Waals surface area contributed by atoms with E-state index in [1.54, 1.807) is 0 Å². The Morgan fingerprint density at radius 2 is 0.629 bits per heavy atom. The molecule has 10 aromatic rings. The van der Waals surface area contributed by atoms with E-state index in [0.717, 1.165) is 72.7 Å². The van der Waals surface area contributed by atoms with Crippen molar-refractivity contribution in [1.29, 1.82) is 0 Å². The molecule has 1 aromatic heterocycles. The highest BCUT2D eigenvalue weighted by molar-refractivity contribution is 5.89. The molecular weight excluding hydrogens is 755 g/mol. The second-order valence-electron chi connectivity index (χ2n) is 15.9. The van der Waals surface area contributed by atoms with Gasteiger partial charge in [0.1, 0.15) is 11.5 Å². The molecule has 290 valence electrons. The average Bonchev–Trinajstić information content (AvgIpc) is 3.65. The van der Waals surface area contributed by atoms with Crippen molar-refractivity contribution in [2.24, 2.45) is 0 Å². The molecule has 62 heavy (non-hydrogen) atoms. The van der Waals surface area contributed by atoms with Gasteiger partial charge in [0, 0.05) is 27.8 Å². The van der Waals surface area contributed by atoms with Gasteiger partial charge in [-0.3, -0.25) is 0 Å². The van der Waals surface area contributed by atoms with Gasteiger partial charge in [-0.1, -0.05) is 194 Å². The number of rotatable bonds is 6. The molecule has 0 radical (unpaired) electrons. The normalized spacial score (nSPS) is 12.8. The van der Waals surface area contributed by atoms with Crippen molar-refractivity contribution in [3.05, 3.63) is 247 Å². The van der Waals surface area contributed by atoms with Gasteiger partial charge in [-0.05, 0) is 86.0 Å². The molecule has 0 fully saturated rings. The topological polar surface area (TPSA) is 47.9 Å². The zero-order valence-corrected chi connectivity index (χ0v) is 33.6. The van der Waals surface area contributed by atoms with Crippen molar-refractivity contribution in [2.75, 3.05) is 0 Å². The third-order valence-electron chi connectivity index (χ3n) is 12.4. The molecule has 2 aliphatic rings. The minimum Gasteiger partial charge on any atom is -0.457 e. The fourth-order valence-electron chi connectivity index (χ4n) is 9.58. The van der Waals surface area contributed by atoms with Gasteiger partial charge >= 0.3 is 0 Å². The second-order valence-corrected chi connectivity index (χ2v) is 15.9. The number of fused-ring (bicyclic) bond motifs is 9. The molecule has 4 nitrogen and oxygen atoms in total. The molecule has 0 N–H and O–H groups in total. The van der Waals surface area contributed by atoms with Crippen LogP contribution in [0.25, 0.3) is 78.7 Å². The van der Waals surface area contributed by atoms with Gasteiger partial charge in [-0.25, -0.2) is 15.0 Å². The smallest absolute Gasteiger partial charge is 0.164 e. The van der Waals surface area contributed by atoms with Crippen molar-refractivity contribution >= 4 is 0 Å². The maximum atomic E-state index is 6.85. The van der Waals surface area contributed by atoms with Gasteiger partial charge in [0.25, 0.3) is 0 Å². The van der Waals surface area contributed by atoms with Crippen molar-refractivity contribution in [3.8, 4) is 90.2 Å². The Balaban J connectivity index is 0.990. The molecule has 0 amide bonds. The molecule has 4 heteroatoms. The summed E-state index contributed by atoms with van der Waals surface area (Å²) < 4.78 is 6.85. The fourth-order valence-corrected chi connectivity index (χ4v) is 9.58. The van der Waals surface area contributed by atoms with Crippen LogP contribution in [0.2, 0.25) is 0 Å². The van der Waals surface area contributed by atoms with Crippen LogP contribution < -0.4 is 4.74 Å². The molecule has 1 aliphatic heterocycles. The quantitative estimate of drug-likeness (QED) is 0.168. The van der Waals surface area contributed by atoms with Crippen molar-refractivity contribution in [2.45, 2.75) is 5.41 Å². The SMILES string of the molecule is c1ccc(-c2cccc(-c3nc(-c4cccc(-c5ccccc5)c4)nc(-c4cccc(-c5ccc6c(c5)Oc5ccccc5C65c6ccccc6-c6ccccc65)c4)n3)c2)cc1. The van der Waals surface area contributed by atoms with Gasteiger partial charge in [0.2, 0.25) is 0 Å². The lowest BCUT2D eigenvalue weighted by atomic mass is 9.66. The van der Waals surface area contributed by atoms with Gasteiger partial charge in [0.15, 0.2) is 17.5 Å². The summed E-state index contributed by atoms with van der Waals surface area (Å²) in [6, 6.07) is 79.0. The number of para-hydroxylation sites is 1. The van der Waals surface area contributed by atoms with Crippen LogP contribution in [-0.4, -0.2) is 15.0 Å². The molecule has 9 aromatic carbocycles. The van der Waals surface area contributed by atoms with E-state index in [1.807, 2.05) is 12.1 Å². The maximum absolute atomic E-state index is 6.85. The van der Waals surface area contributed by atoms with Crippen molar-refractivity contribution < 1.29 is 4.74 Å². The minimum atomic E-state index is -0.509. The molecule has 0 bridgehead atoms. The summed E-state index contributed by atoms with van der Waals surface area (Å²) in [6.07, 6.45) is 0. The first kappa shape index (κ1) is 35.7. The van der Waals surface area contributed by atoms with Gasteiger partial charge in [0.05, 0.1) is 5.41 Å². The summed E-state index contributed by atoms with van der Waals surface area (Å²) in [6.45, 7) is 0. The van der Waals surface area contributed by atoms with Gasteiger partial charge in [-0.15, -0.1) is 0 Å².